The van der Waals surface area contributed by atoms with E-state index in [-0.39, 0.29) is 29.3 Å². The molecule has 0 unspecified atom stereocenters. The highest BCUT2D eigenvalue weighted by molar-refractivity contribution is 7.91. The molecule has 2 heterocycles. The first-order valence-electron chi connectivity index (χ1n) is 9.00. The summed E-state index contributed by atoms with van der Waals surface area (Å²) in [6.07, 6.45) is 0.366. The Hall–Kier alpha value is -3.01. The fourth-order valence-electron chi connectivity index (χ4n) is 3.01. The number of amides is 1. The van der Waals surface area contributed by atoms with Crippen LogP contribution in [0.15, 0.2) is 47.3 Å². The monoisotopic (exact) mass is 419 g/mol. The van der Waals surface area contributed by atoms with Crippen LogP contribution in [0.3, 0.4) is 0 Å². The van der Waals surface area contributed by atoms with Crippen molar-refractivity contribution >= 4 is 21.7 Å². The highest BCUT2D eigenvalue weighted by atomic mass is 32.2. The number of esters is 1. The molecule has 1 saturated heterocycles. The van der Waals surface area contributed by atoms with Gasteiger partial charge < -0.3 is 9.64 Å². The highest BCUT2D eigenvalue weighted by Crippen LogP contribution is 2.16. The van der Waals surface area contributed by atoms with Crippen molar-refractivity contribution in [1.82, 2.24) is 14.7 Å². The summed E-state index contributed by atoms with van der Waals surface area (Å²) in [6.45, 7) is -0.343. The molecule has 3 rings (SSSR count). The number of benzene rings is 1. The summed E-state index contributed by atoms with van der Waals surface area (Å²) in [5, 5.41) is 4.01. The molecular formula is C19H21N3O6S. The third kappa shape index (κ3) is 5.29. The molecule has 0 radical (unpaired) electrons. The Morgan fingerprint density at radius 3 is 2.59 bits per heavy atom. The minimum atomic E-state index is -3.13. The SMILES string of the molecule is CN(C(=O)COC(=O)c1ccc(=O)n(Cc2ccccc2)n1)[C@H]1CCS(=O)(=O)C1. The lowest BCUT2D eigenvalue weighted by atomic mass is 10.2. The first-order chi connectivity index (χ1) is 13.7. The molecule has 29 heavy (non-hydrogen) atoms. The Kier molecular flexibility index (Phi) is 6.12. The zero-order chi connectivity index (χ0) is 21.0. The van der Waals surface area contributed by atoms with Crippen molar-refractivity contribution in [3.05, 3.63) is 64.1 Å². The smallest absolute Gasteiger partial charge is 0.359 e. The van der Waals surface area contributed by atoms with Crippen LogP contribution in [0.1, 0.15) is 22.5 Å². The van der Waals surface area contributed by atoms with Gasteiger partial charge in [-0.3, -0.25) is 9.59 Å². The zero-order valence-corrected chi connectivity index (χ0v) is 16.7. The largest absolute Gasteiger partial charge is 0.451 e. The van der Waals surface area contributed by atoms with E-state index >= 15 is 0 Å². The van der Waals surface area contributed by atoms with Crippen LogP contribution < -0.4 is 5.56 Å². The number of rotatable bonds is 6. The van der Waals surface area contributed by atoms with E-state index in [9.17, 15) is 22.8 Å². The lowest BCUT2D eigenvalue weighted by Crippen LogP contribution is -2.40. The molecule has 0 aliphatic carbocycles. The fourth-order valence-corrected chi connectivity index (χ4v) is 4.79. The Labute approximate surface area is 167 Å². The molecule has 1 fully saturated rings. The average Bonchev–Trinajstić information content (AvgIpc) is 3.07. The quantitative estimate of drug-likeness (QED) is 0.610. The molecule has 0 saturated carbocycles. The summed E-state index contributed by atoms with van der Waals surface area (Å²) in [4.78, 5) is 37.7. The molecule has 1 aromatic heterocycles. The van der Waals surface area contributed by atoms with E-state index in [1.807, 2.05) is 30.3 Å². The molecule has 10 heteroatoms. The van der Waals surface area contributed by atoms with Gasteiger partial charge in [-0.15, -0.1) is 0 Å². The van der Waals surface area contributed by atoms with Gasteiger partial charge in [0.15, 0.2) is 22.1 Å². The van der Waals surface area contributed by atoms with Gasteiger partial charge in [-0.2, -0.15) is 5.10 Å². The molecule has 154 valence electrons. The zero-order valence-electron chi connectivity index (χ0n) is 15.9. The van der Waals surface area contributed by atoms with Crippen molar-refractivity contribution in [3.8, 4) is 0 Å². The lowest BCUT2D eigenvalue weighted by molar-refractivity contribution is -0.134. The number of aromatic nitrogens is 2. The van der Waals surface area contributed by atoms with Crippen LogP contribution in [0.4, 0.5) is 0 Å². The van der Waals surface area contributed by atoms with E-state index in [0.717, 1.165) is 10.2 Å². The number of sulfone groups is 1. The van der Waals surface area contributed by atoms with Crippen LogP contribution >= 0.6 is 0 Å². The van der Waals surface area contributed by atoms with Gasteiger partial charge in [0.2, 0.25) is 0 Å². The lowest BCUT2D eigenvalue weighted by Gasteiger charge is -2.23. The Morgan fingerprint density at radius 1 is 1.21 bits per heavy atom. The fraction of sp³-hybridized carbons (Fsp3) is 0.368. The Balaban J connectivity index is 1.61. The highest BCUT2D eigenvalue weighted by Gasteiger charge is 2.33. The summed E-state index contributed by atoms with van der Waals surface area (Å²) in [5.41, 5.74) is 0.374. The van der Waals surface area contributed by atoms with Crippen molar-refractivity contribution in [2.75, 3.05) is 25.2 Å². The van der Waals surface area contributed by atoms with E-state index in [1.165, 1.54) is 24.1 Å². The summed E-state index contributed by atoms with van der Waals surface area (Å²) in [5.74, 6) is -1.39. The van der Waals surface area contributed by atoms with Gasteiger partial charge in [0.05, 0.1) is 18.1 Å². The van der Waals surface area contributed by atoms with Gasteiger partial charge in [-0.05, 0) is 18.1 Å². The molecule has 1 aromatic carbocycles. The predicted octanol–water partition coefficient (Wildman–Crippen LogP) is 0.0939. The van der Waals surface area contributed by atoms with E-state index in [1.54, 1.807) is 0 Å². The standard InChI is InChI=1S/C19H21N3O6S/c1-21(15-9-10-29(26,27)13-15)18(24)12-28-19(25)16-7-8-17(23)22(20-16)11-14-5-3-2-4-6-14/h2-8,15H,9-13H2,1H3/t15-/m0/s1. The average molecular weight is 419 g/mol. The topological polar surface area (TPSA) is 116 Å². The van der Waals surface area contributed by atoms with Crippen molar-refractivity contribution < 1.29 is 22.7 Å². The number of hydrogen-bond donors (Lipinski definition) is 0. The minimum absolute atomic E-state index is 0.0436. The first-order valence-corrected chi connectivity index (χ1v) is 10.8. The number of carbonyl (C=O) groups excluding carboxylic acids is 2. The van der Waals surface area contributed by atoms with E-state index < -0.39 is 34.4 Å². The number of likely N-dealkylation sites (N-methyl/N-ethyl adjacent to an activating group) is 1. The number of hydrogen-bond acceptors (Lipinski definition) is 7. The van der Waals surface area contributed by atoms with E-state index in [2.05, 4.69) is 5.10 Å². The van der Waals surface area contributed by atoms with E-state index in [0.29, 0.717) is 6.42 Å². The number of nitrogens with zero attached hydrogens (tertiary/aromatic N) is 3. The maximum Gasteiger partial charge on any atom is 0.359 e. The van der Waals surface area contributed by atoms with Crippen LogP contribution in [-0.2, 0) is 25.9 Å². The minimum Gasteiger partial charge on any atom is -0.451 e. The van der Waals surface area contributed by atoms with Gasteiger partial charge in [-0.1, -0.05) is 30.3 Å². The summed E-state index contributed by atoms with van der Waals surface area (Å²) in [6, 6.07) is 11.2. The number of ether oxygens (including phenoxy) is 1. The van der Waals surface area contributed by atoms with Crippen LogP contribution in [0.5, 0.6) is 0 Å². The van der Waals surface area contributed by atoms with Crippen LogP contribution in [-0.4, -0.2) is 66.2 Å². The summed E-state index contributed by atoms with van der Waals surface area (Å²) < 4.78 is 29.3. The van der Waals surface area contributed by atoms with Crippen LogP contribution in [0.2, 0.25) is 0 Å². The van der Waals surface area contributed by atoms with Crippen LogP contribution in [0.25, 0.3) is 0 Å². The van der Waals surface area contributed by atoms with Crippen LogP contribution in [0, 0.1) is 0 Å². The molecule has 2 aromatic rings. The molecule has 1 atom stereocenters. The van der Waals surface area contributed by atoms with Crippen molar-refractivity contribution in [1.29, 1.82) is 0 Å². The second kappa shape index (κ2) is 8.56. The molecule has 0 N–H and O–H groups in total. The van der Waals surface area contributed by atoms with Gasteiger partial charge in [0.25, 0.3) is 11.5 Å². The third-order valence-electron chi connectivity index (χ3n) is 4.73. The second-order valence-corrected chi connectivity index (χ2v) is 9.07. The predicted molar refractivity (Wildman–Crippen MR) is 104 cm³/mol. The van der Waals surface area contributed by atoms with Crippen molar-refractivity contribution in [3.63, 3.8) is 0 Å². The molecule has 0 bridgehead atoms. The Bertz CT molecular complexity index is 1060. The van der Waals surface area contributed by atoms with Gasteiger partial charge >= 0.3 is 5.97 Å². The molecular weight excluding hydrogens is 398 g/mol. The van der Waals surface area contributed by atoms with Gasteiger partial charge in [0.1, 0.15) is 0 Å². The first kappa shape index (κ1) is 20.7. The maximum atomic E-state index is 12.2. The summed E-state index contributed by atoms with van der Waals surface area (Å²) in [7, 11) is -1.64. The molecule has 1 aliphatic rings. The summed E-state index contributed by atoms with van der Waals surface area (Å²) >= 11 is 0. The number of carbonyl (C=O) groups is 2. The molecule has 1 aliphatic heterocycles. The van der Waals surface area contributed by atoms with Crippen molar-refractivity contribution in [2.24, 2.45) is 0 Å². The normalized spacial score (nSPS) is 17.6. The molecule has 1 amide bonds. The Morgan fingerprint density at radius 2 is 1.93 bits per heavy atom. The van der Waals surface area contributed by atoms with Gasteiger partial charge in [0, 0.05) is 19.2 Å². The molecule has 9 nitrogen and oxygen atoms in total. The second-order valence-electron chi connectivity index (χ2n) is 6.84. The van der Waals surface area contributed by atoms with Crippen molar-refractivity contribution in [2.45, 2.75) is 19.0 Å². The maximum absolute atomic E-state index is 12.2. The third-order valence-corrected chi connectivity index (χ3v) is 6.48. The van der Waals surface area contributed by atoms with E-state index in [4.69, 9.17) is 4.74 Å². The molecule has 0 spiro atoms. The van der Waals surface area contributed by atoms with Gasteiger partial charge in [-0.25, -0.2) is 17.9 Å².